The fourth-order valence-corrected chi connectivity index (χ4v) is 3.87. The molecule has 0 aliphatic rings. The molecule has 134 valence electrons. The first-order chi connectivity index (χ1) is 11.8. The van der Waals surface area contributed by atoms with Gasteiger partial charge in [-0.25, -0.2) is 13.1 Å². The topological polar surface area (TPSA) is 66.5 Å². The second-order valence-electron chi connectivity index (χ2n) is 5.65. The van der Waals surface area contributed by atoms with Crippen molar-refractivity contribution >= 4 is 27.5 Å². The van der Waals surface area contributed by atoms with Crippen LogP contribution in [0.4, 0.5) is 0 Å². The lowest BCUT2D eigenvalue weighted by molar-refractivity contribution is -0.130. The summed E-state index contributed by atoms with van der Waals surface area (Å²) < 4.78 is 27.1. The lowest BCUT2D eigenvalue weighted by atomic mass is 10.1. The van der Waals surface area contributed by atoms with Crippen LogP contribution in [0.15, 0.2) is 59.5 Å². The van der Waals surface area contributed by atoms with Crippen molar-refractivity contribution in [2.24, 2.45) is 0 Å². The number of halogens is 1. The highest BCUT2D eigenvalue weighted by molar-refractivity contribution is 7.89. The lowest BCUT2D eigenvalue weighted by Crippen LogP contribution is -2.39. The molecule has 0 radical (unpaired) electrons. The Labute approximate surface area is 153 Å². The minimum Gasteiger partial charge on any atom is -0.335 e. The molecule has 0 fully saturated rings. The summed E-state index contributed by atoms with van der Waals surface area (Å²) in [6.07, 6.45) is 0. The van der Waals surface area contributed by atoms with Gasteiger partial charge >= 0.3 is 0 Å². The molecule has 2 rings (SSSR count). The van der Waals surface area contributed by atoms with Crippen LogP contribution >= 0.6 is 11.6 Å². The number of nitrogens with zero attached hydrogens (tertiary/aromatic N) is 1. The SMILES string of the molecule is CC(=O)N(CCNS(=O)(=O)c1cccc(Cl)c1)C(C)c1ccccc1. The number of carbonyl (C=O) groups is 1. The molecule has 0 aromatic heterocycles. The molecule has 0 saturated carbocycles. The number of rotatable bonds is 7. The van der Waals surface area contributed by atoms with Crippen molar-refractivity contribution in [3.05, 3.63) is 65.2 Å². The molecule has 0 heterocycles. The van der Waals surface area contributed by atoms with Gasteiger partial charge in [-0.15, -0.1) is 0 Å². The zero-order valence-corrected chi connectivity index (χ0v) is 15.7. The van der Waals surface area contributed by atoms with E-state index in [1.807, 2.05) is 37.3 Å². The summed E-state index contributed by atoms with van der Waals surface area (Å²) in [5, 5.41) is 0.353. The van der Waals surface area contributed by atoms with Gasteiger partial charge in [-0.1, -0.05) is 48.0 Å². The van der Waals surface area contributed by atoms with Crippen LogP contribution in [0.5, 0.6) is 0 Å². The average molecular weight is 381 g/mol. The Balaban J connectivity index is 2.03. The molecule has 1 unspecified atom stereocenters. The number of amides is 1. The third-order valence-electron chi connectivity index (χ3n) is 3.91. The van der Waals surface area contributed by atoms with Crippen molar-refractivity contribution in [3.63, 3.8) is 0 Å². The minimum absolute atomic E-state index is 0.102. The van der Waals surface area contributed by atoms with Crippen LogP contribution in [0.25, 0.3) is 0 Å². The first kappa shape index (κ1) is 19.4. The normalized spacial score (nSPS) is 12.6. The lowest BCUT2D eigenvalue weighted by Gasteiger charge is -2.28. The summed E-state index contributed by atoms with van der Waals surface area (Å²) >= 11 is 5.84. The predicted octanol–water partition coefficient (Wildman–Crippen LogP) is 3.23. The first-order valence-electron chi connectivity index (χ1n) is 7.88. The van der Waals surface area contributed by atoms with Gasteiger partial charge in [0.25, 0.3) is 0 Å². The zero-order chi connectivity index (χ0) is 18.4. The van der Waals surface area contributed by atoms with Crippen molar-refractivity contribution in [2.75, 3.05) is 13.1 Å². The molecule has 0 aliphatic carbocycles. The highest BCUT2D eigenvalue weighted by atomic mass is 35.5. The van der Waals surface area contributed by atoms with E-state index in [9.17, 15) is 13.2 Å². The summed E-state index contributed by atoms with van der Waals surface area (Å²) in [7, 11) is -3.67. The van der Waals surface area contributed by atoms with Gasteiger partial charge < -0.3 is 4.90 Å². The fourth-order valence-electron chi connectivity index (χ4n) is 2.55. The number of carbonyl (C=O) groups excluding carboxylic acids is 1. The molecule has 7 heteroatoms. The molecule has 25 heavy (non-hydrogen) atoms. The quantitative estimate of drug-likeness (QED) is 0.801. The maximum Gasteiger partial charge on any atom is 0.240 e. The second-order valence-corrected chi connectivity index (χ2v) is 7.86. The van der Waals surface area contributed by atoms with Crippen molar-refractivity contribution < 1.29 is 13.2 Å². The fraction of sp³-hybridized carbons (Fsp3) is 0.278. The van der Waals surface area contributed by atoms with Crippen LogP contribution in [0, 0.1) is 0 Å². The number of sulfonamides is 1. The van der Waals surface area contributed by atoms with E-state index in [1.165, 1.54) is 19.1 Å². The van der Waals surface area contributed by atoms with Crippen LogP contribution in [-0.2, 0) is 14.8 Å². The Morgan fingerprint density at radius 3 is 2.44 bits per heavy atom. The van der Waals surface area contributed by atoms with E-state index in [0.29, 0.717) is 5.02 Å². The second kappa shape index (κ2) is 8.47. The maximum absolute atomic E-state index is 12.3. The monoisotopic (exact) mass is 380 g/mol. The highest BCUT2D eigenvalue weighted by Crippen LogP contribution is 2.20. The standard InChI is InChI=1S/C18H21ClN2O3S/c1-14(16-7-4-3-5-8-16)21(15(2)22)12-11-20-25(23,24)18-10-6-9-17(19)13-18/h3-10,13-14,20H,11-12H2,1-2H3. The summed E-state index contributed by atoms with van der Waals surface area (Å²) in [5.74, 6) is -0.113. The minimum atomic E-state index is -3.67. The Morgan fingerprint density at radius 2 is 1.84 bits per heavy atom. The highest BCUT2D eigenvalue weighted by Gasteiger charge is 2.20. The van der Waals surface area contributed by atoms with E-state index < -0.39 is 10.0 Å². The van der Waals surface area contributed by atoms with Crippen LogP contribution in [0.3, 0.4) is 0 Å². The summed E-state index contributed by atoms with van der Waals surface area (Å²) in [5.41, 5.74) is 0.996. The van der Waals surface area contributed by atoms with Crippen LogP contribution in [0.1, 0.15) is 25.5 Å². The molecule has 0 saturated heterocycles. The van der Waals surface area contributed by atoms with E-state index >= 15 is 0 Å². The van der Waals surface area contributed by atoms with Crippen molar-refractivity contribution in [2.45, 2.75) is 24.8 Å². The molecule has 2 aromatic carbocycles. The summed E-state index contributed by atoms with van der Waals surface area (Å²) in [6.45, 7) is 3.78. The van der Waals surface area contributed by atoms with E-state index in [4.69, 9.17) is 11.6 Å². The molecule has 1 atom stereocenters. The van der Waals surface area contributed by atoms with Gasteiger partial charge in [0.15, 0.2) is 0 Å². The molecule has 1 amide bonds. The largest absolute Gasteiger partial charge is 0.335 e. The molecular formula is C18H21ClN2O3S. The molecule has 0 aliphatic heterocycles. The number of hydrogen-bond acceptors (Lipinski definition) is 3. The Hall–Kier alpha value is -1.89. The third-order valence-corrected chi connectivity index (χ3v) is 5.60. The van der Waals surface area contributed by atoms with Gasteiger partial charge in [-0.05, 0) is 30.7 Å². The summed E-state index contributed by atoms with van der Waals surface area (Å²) in [6, 6.07) is 15.5. The van der Waals surface area contributed by atoms with Gasteiger partial charge in [-0.3, -0.25) is 4.79 Å². The molecule has 1 N–H and O–H groups in total. The number of nitrogens with one attached hydrogen (secondary N) is 1. The molecule has 5 nitrogen and oxygen atoms in total. The van der Waals surface area contributed by atoms with Gasteiger partial charge in [0.05, 0.1) is 10.9 Å². The Kier molecular flexibility index (Phi) is 6.58. The third kappa shape index (κ3) is 5.29. The van der Waals surface area contributed by atoms with Gasteiger partial charge in [0.2, 0.25) is 15.9 Å². The molecular weight excluding hydrogens is 360 g/mol. The van der Waals surface area contributed by atoms with Crippen LogP contribution in [-0.4, -0.2) is 32.3 Å². The smallest absolute Gasteiger partial charge is 0.240 e. The molecule has 2 aromatic rings. The number of hydrogen-bond donors (Lipinski definition) is 1. The first-order valence-corrected chi connectivity index (χ1v) is 9.75. The van der Waals surface area contributed by atoms with E-state index in [2.05, 4.69) is 4.72 Å². The summed E-state index contributed by atoms with van der Waals surface area (Å²) in [4.78, 5) is 13.7. The van der Waals surface area contributed by atoms with Gasteiger partial charge in [-0.2, -0.15) is 0 Å². The van der Waals surface area contributed by atoms with Crippen molar-refractivity contribution in [1.82, 2.24) is 9.62 Å². The molecule has 0 bridgehead atoms. The maximum atomic E-state index is 12.3. The van der Waals surface area contributed by atoms with Crippen LogP contribution in [0.2, 0.25) is 5.02 Å². The Morgan fingerprint density at radius 1 is 1.16 bits per heavy atom. The van der Waals surface area contributed by atoms with E-state index in [0.717, 1.165) is 5.56 Å². The van der Waals surface area contributed by atoms with Gasteiger partial charge in [0.1, 0.15) is 0 Å². The average Bonchev–Trinajstić information content (AvgIpc) is 2.58. The van der Waals surface area contributed by atoms with E-state index in [1.54, 1.807) is 17.0 Å². The predicted molar refractivity (Wildman–Crippen MR) is 98.9 cm³/mol. The van der Waals surface area contributed by atoms with Crippen molar-refractivity contribution in [3.8, 4) is 0 Å². The van der Waals surface area contributed by atoms with Crippen LogP contribution < -0.4 is 4.72 Å². The van der Waals surface area contributed by atoms with Crippen molar-refractivity contribution in [1.29, 1.82) is 0 Å². The zero-order valence-electron chi connectivity index (χ0n) is 14.1. The van der Waals surface area contributed by atoms with E-state index in [-0.39, 0.29) is 29.9 Å². The Bertz CT molecular complexity index is 825. The number of benzene rings is 2. The molecule has 0 spiro atoms. The van der Waals surface area contributed by atoms with Gasteiger partial charge in [0, 0.05) is 25.0 Å².